The first-order valence-electron chi connectivity index (χ1n) is 12.1. The van der Waals surface area contributed by atoms with E-state index in [1.807, 2.05) is 0 Å². The molecule has 0 heterocycles. The van der Waals surface area contributed by atoms with Gasteiger partial charge in [-0.05, 0) is 73.2 Å². The van der Waals surface area contributed by atoms with Crippen LogP contribution in [0.1, 0.15) is 48.3 Å². The van der Waals surface area contributed by atoms with Crippen LogP contribution in [0.4, 0.5) is 5.69 Å². The normalized spacial score (nSPS) is 14.8. The van der Waals surface area contributed by atoms with Crippen LogP contribution in [0, 0.1) is 0 Å². The van der Waals surface area contributed by atoms with Crippen molar-refractivity contribution in [1.82, 2.24) is 10.6 Å². The number of hydrogen-bond acceptors (Lipinski definition) is 6. The Morgan fingerprint density at radius 1 is 0.722 bits per heavy atom. The van der Waals surface area contributed by atoms with E-state index in [1.165, 1.54) is 11.1 Å². The first kappa shape index (κ1) is 28.3. The molecule has 0 bridgehead atoms. The molecule has 0 aliphatic rings. The molecule has 0 aliphatic carbocycles. The van der Waals surface area contributed by atoms with Crippen LogP contribution >= 0.6 is 23.2 Å². The van der Waals surface area contributed by atoms with Gasteiger partial charge in [-0.3, -0.25) is 0 Å². The number of aliphatic hydroxyl groups excluding tert-OH is 2. The standard InChI is InChI=1S/C28H35Cl2N3O3/c1-17(32-15-26(35)21-7-9-23(34)10-8-21)11-19-3-5-20(6-4-19)12-18(2)33-16-27(36)22-13-24(29)28(31)25(30)14-22/h3-10,13-14,17-18,26-27,32-36H,11-12,15-16,31H2,1-2H3/t17-,18-,26+,27?/m1/s1. The van der Waals surface area contributed by atoms with Gasteiger partial charge < -0.3 is 31.7 Å². The number of nitrogen functional groups attached to an aromatic ring is 1. The molecule has 0 spiro atoms. The van der Waals surface area contributed by atoms with E-state index in [0.29, 0.717) is 34.4 Å². The maximum Gasteiger partial charge on any atom is 0.115 e. The summed E-state index contributed by atoms with van der Waals surface area (Å²) in [7, 11) is 0. The molecule has 0 radical (unpaired) electrons. The quantitative estimate of drug-likeness (QED) is 0.187. The molecule has 1 unspecified atom stereocenters. The Balaban J connectivity index is 1.42. The van der Waals surface area contributed by atoms with Gasteiger partial charge in [0.1, 0.15) is 5.75 Å². The fourth-order valence-corrected chi connectivity index (χ4v) is 4.52. The van der Waals surface area contributed by atoms with Crippen molar-refractivity contribution in [2.45, 2.75) is 51.0 Å². The molecule has 0 aliphatic heterocycles. The first-order valence-corrected chi connectivity index (χ1v) is 12.8. The van der Waals surface area contributed by atoms with E-state index >= 15 is 0 Å². The molecule has 36 heavy (non-hydrogen) atoms. The Kier molecular flexibility index (Phi) is 10.4. The van der Waals surface area contributed by atoms with Gasteiger partial charge in [0.25, 0.3) is 0 Å². The average molecular weight is 533 g/mol. The molecule has 194 valence electrons. The molecule has 3 aromatic rings. The molecular formula is C28H35Cl2N3O3. The molecular weight excluding hydrogens is 497 g/mol. The van der Waals surface area contributed by atoms with Gasteiger partial charge in [-0.1, -0.05) is 59.6 Å². The van der Waals surface area contributed by atoms with Gasteiger partial charge in [-0.25, -0.2) is 0 Å². The lowest BCUT2D eigenvalue weighted by molar-refractivity contribution is 0.170. The van der Waals surface area contributed by atoms with Gasteiger partial charge >= 0.3 is 0 Å². The lowest BCUT2D eigenvalue weighted by Gasteiger charge is -2.19. The van der Waals surface area contributed by atoms with E-state index < -0.39 is 12.2 Å². The van der Waals surface area contributed by atoms with Crippen LogP contribution in [-0.4, -0.2) is 40.5 Å². The highest BCUT2D eigenvalue weighted by atomic mass is 35.5. The van der Waals surface area contributed by atoms with Crippen LogP contribution in [-0.2, 0) is 12.8 Å². The minimum absolute atomic E-state index is 0.159. The zero-order valence-electron chi connectivity index (χ0n) is 20.6. The largest absolute Gasteiger partial charge is 0.508 e. The molecule has 0 saturated carbocycles. The molecule has 3 aromatic carbocycles. The number of anilines is 1. The Morgan fingerprint density at radius 2 is 1.14 bits per heavy atom. The second kappa shape index (κ2) is 13.3. The molecule has 0 fully saturated rings. The van der Waals surface area contributed by atoms with E-state index in [0.717, 1.165) is 18.4 Å². The summed E-state index contributed by atoms with van der Waals surface area (Å²) in [5.74, 6) is 0.187. The van der Waals surface area contributed by atoms with E-state index in [1.54, 1.807) is 36.4 Å². The van der Waals surface area contributed by atoms with Gasteiger partial charge in [-0.2, -0.15) is 0 Å². The second-order valence-electron chi connectivity index (χ2n) is 9.36. The van der Waals surface area contributed by atoms with Gasteiger partial charge in [0, 0.05) is 25.2 Å². The summed E-state index contributed by atoms with van der Waals surface area (Å²) in [6.45, 7) is 4.98. The predicted octanol–water partition coefficient (Wildman–Crippen LogP) is 4.79. The smallest absolute Gasteiger partial charge is 0.115 e. The molecule has 7 N–H and O–H groups in total. The maximum atomic E-state index is 10.5. The number of phenols is 1. The third-order valence-electron chi connectivity index (χ3n) is 6.19. The lowest BCUT2D eigenvalue weighted by atomic mass is 10.0. The van der Waals surface area contributed by atoms with E-state index in [4.69, 9.17) is 28.9 Å². The molecule has 0 aromatic heterocycles. The molecule has 4 atom stereocenters. The molecule has 0 amide bonds. The number of aliphatic hydroxyl groups is 2. The molecule has 8 heteroatoms. The minimum Gasteiger partial charge on any atom is -0.508 e. The number of aromatic hydroxyl groups is 1. The third kappa shape index (κ3) is 8.37. The Bertz CT molecular complexity index is 1090. The number of halogens is 2. The molecule has 6 nitrogen and oxygen atoms in total. The molecule has 3 rings (SSSR count). The fraction of sp³-hybridized carbons (Fsp3) is 0.357. The Hall–Kier alpha value is -2.32. The SMILES string of the molecule is C[C@H](Cc1ccc(C[C@@H](C)NC[C@H](O)c2ccc(O)cc2)cc1)NCC(O)c1cc(Cl)c(N)c(Cl)c1. The van der Waals surface area contributed by atoms with Crippen molar-refractivity contribution in [3.63, 3.8) is 0 Å². The van der Waals surface area contributed by atoms with Crippen molar-refractivity contribution in [2.24, 2.45) is 0 Å². The summed E-state index contributed by atoms with van der Waals surface area (Å²) < 4.78 is 0. The van der Waals surface area contributed by atoms with Crippen LogP contribution in [0.3, 0.4) is 0 Å². The van der Waals surface area contributed by atoms with Gasteiger partial charge in [0.2, 0.25) is 0 Å². The predicted molar refractivity (Wildman–Crippen MR) is 148 cm³/mol. The van der Waals surface area contributed by atoms with Gasteiger partial charge in [-0.15, -0.1) is 0 Å². The monoisotopic (exact) mass is 531 g/mol. The topological polar surface area (TPSA) is 111 Å². The van der Waals surface area contributed by atoms with Crippen molar-refractivity contribution in [3.8, 4) is 5.75 Å². The zero-order valence-corrected chi connectivity index (χ0v) is 22.1. The van der Waals surface area contributed by atoms with Gasteiger partial charge in [0.15, 0.2) is 0 Å². The summed E-state index contributed by atoms with van der Waals surface area (Å²) in [5.41, 5.74) is 9.90. The number of phenolic OH excluding ortho intramolecular Hbond substituents is 1. The number of hydrogen-bond donors (Lipinski definition) is 6. The number of nitrogens with two attached hydrogens (primary N) is 1. The first-order chi connectivity index (χ1) is 17.1. The average Bonchev–Trinajstić information content (AvgIpc) is 2.85. The zero-order chi connectivity index (χ0) is 26.2. The summed E-state index contributed by atoms with van der Waals surface area (Å²) in [4.78, 5) is 0. The van der Waals surface area contributed by atoms with Crippen LogP contribution < -0.4 is 16.4 Å². The number of rotatable bonds is 12. The van der Waals surface area contributed by atoms with Crippen LogP contribution in [0.5, 0.6) is 5.75 Å². The van der Waals surface area contributed by atoms with Crippen molar-refractivity contribution >= 4 is 28.9 Å². The maximum absolute atomic E-state index is 10.5. The number of nitrogens with one attached hydrogen (secondary N) is 2. The van der Waals surface area contributed by atoms with Crippen LogP contribution in [0.2, 0.25) is 10.0 Å². The summed E-state index contributed by atoms with van der Waals surface area (Å²) in [6, 6.07) is 18.8. The third-order valence-corrected chi connectivity index (χ3v) is 6.82. The summed E-state index contributed by atoms with van der Waals surface area (Å²) in [6.07, 6.45) is 0.293. The van der Waals surface area contributed by atoms with E-state index in [9.17, 15) is 15.3 Å². The molecule has 0 saturated heterocycles. The van der Waals surface area contributed by atoms with Crippen LogP contribution in [0.25, 0.3) is 0 Å². The minimum atomic E-state index is -0.744. The fourth-order valence-electron chi connectivity index (χ4n) is 4.02. The van der Waals surface area contributed by atoms with Crippen molar-refractivity contribution in [1.29, 1.82) is 0 Å². The Labute approximate surface area is 223 Å². The van der Waals surface area contributed by atoms with Gasteiger partial charge in [0.05, 0.1) is 27.9 Å². The van der Waals surface area contributed by atoms with E-state index in [2.05, 4.69) is 48.7 Å². The highest BCUT2D eigenvalue weighted by Gasteiger charge is 2.14. The van der Waals surface area contributed by atoms with Crippen molar-refractivity contribution in [3.05, 3.63) is 93.0 Å². The number of benzene rings is 3. The summed E-state index contributed by atoms with van der Waals surface area (Å²) >= 11 is 12.2. The second-order valence-corrected chi connectivity index (χ2v) is 10.2. The highest BCUT2D eigenvalue weighted by molar-refractivity contribution is 6.38. The Morgan fingerprint density at radius 3 is 1.58 bits per heavy atom. The van der Waals surface area contributed by atoms with Crippen LogP contribution in [0.15, 0.2) is 60.7 Å². The van der Waals surface area contributed by atoms with Crippen molar-refractivity contribution < 1.29 is 15.3 Å². The highest BCUT2D eigenvalue weighted by Crippen LogP contribution is 2.31. The summed E-state index contributed by atoms with van der Waals surface area (Å²) in [5, 5.41) is 37.6. The van der Waals surface area contributed by atoms with Crippen molar-refractivity contribution in [2.75, 3.05) is 18.8 Å². The van der Waals surface area contributed by atoms with E-state index in [-0.39, 0.29) is 17.8 Å². The lowest BCUT2D eigenvalue weighted by Crippen LogP contribution is -2.32.